The van der Waals surface area contributed by atoms with Crippen molar-refractivity contribution in [1.29, 1.82) is 0 Å². The Labute approximate surface area is 131 Å². The molecule has 3 amide bonds. The van der Waals surface area contributed by atoms with Gasteiger partial charge in [-0.2, -0.15) is 0 Å². The number of hydrogen-bond donors (Lipinski definition) is 2. The maximum Gasteiger partial charge on any atom is 0.329 e. The number of amides is 3. The number of rotatable bonds is 6. The van der Waals surface area contributed by atoms with Gasteiger partial charge in [0.25, 0.3) is 5.91 Å². The van der Waals surface area contributed by atoms with Crippen LogP contribution < -0.4 is 10.2 Å². The van der Waals surface area contributed by atoms with Gasteiger partial charge in [0.2, 0.25) is 0 Å². The number of carbonyl (C=O) groups is 2. The second-order valence-corrected chi connectivity index (χ2v) is 6.56. The molecule has 5 nitrogen and oxygen atoms in total. The van der Waals surface area contributed by atoms with Crippen molar-refractivity contribution in [2.24, 2.45) is 5.92 Å². The van der Waals surface area contributed by atoms with E-state index in [4.69, 9.17) is 0 Å². The molecule has 1 saturated carbocycles. The highest BCUT2D eigenvalue weighted by molar-refractivity contribution is 6.07. The minimum absolute atomic E-state index is 0.0565. The molecule has 1 heterocycles. The molecule has 1 saturated heterocycles. The molecule has 0 bridgehead atoms. The van der Waals surface area contributed by atoms with Gasteiger partial charge in [-0.25, -0.2) is 9.69 Å². The Balaban J connectivity index is 1.68. The van der Waals surface area contributed by atoms with Gasteiger partial charge in [-0.05, 0) is 32.6 Å². The Morgan fingerprint density at radius 1 is 1.27 bits per heavy atom. The molecule has 3 rings (SSSR count). The van der Waals surface area contributed by atoms with E-state index < -0.39 is 5.54 Å². The fourth-order valence-corrected chi connectivity index (χ4v) is 3.20. The molecule has 118 valence electrons. The van der Waals surface area contributed by atoms with Crippen molar-refractivity contribution >= 4 is 11.9 Å². The number of carbonyl (C=O) groups excluding carboxylic acids is 2. The van der Waals surface area contributed by atoms with Gasteiger partial charge < -0.3 is 10.2 Å². The van der Waals surface area contributed by atoms with Crippen LogP contribution in [0.1, 0.15) is 32.3 Å². The van der Waals surface area contributed by atoms with Gasteiger partial charge in [-0.1, -0.05) is 30.3 Å². The normalized spacial score (nSPS) is 26.2. The Kier molecular flexibility index (Phi) is 3.91. The van der Waals surface area contributed by atoms with Gasteiger partial charge in [-0.15, -0.1) is 0 Å². The molecular formula is C17H24N3O2+. The van der Waals surface area contributed by atoms with Gasteiger partial charge >= 0.3 is 6.03 Å². The number of imide groups is 1. The summed E-state index contributed by atoms with van der Waals surface area (Å²) in [6, 6.07) is 9.94. The molecule has 0 radical (unpaired) electrons. The van der Waals surface area contributed by atoms with Crippen molar-refractivity contribution in [2.75, 3.05) is 13.2 Å². The first-order chi connectivity index (χ1) is 10.5. The molecule has 1 aromatic carbocycles. The molecule has 2 atom stereocenters. The zero-order valence-electron chi connectivity index (χ0n) is 13.3. The maximum atomic E-state index is 12.7. The van der Waals surface area contributed by atoms with Crippen LogP contribution in [0.2, 0.25) is 0 Å². The van der Waals surface area contributed by atoms with Crippen LogP contribution >= 0.6 is 0 Å². The van der Waals surface area contributed by atoms with E-state index in [1.165, 1.54) is 15.4 Å². The van der Waals surface area contributed by atoms with Crippen LogP contribution in [0.25, 0.3) is 0 Å². The van der Waals surface area contributed by atoms with E-state index in [9.17, 15) is 9.59 Å². The average molecular weight is 302 g/mol. The lowest BCUT2D eigenvalue weighted by Crippen LogP contribution is -3.12. The average Bonchev–Trinajstić information content (AvgIpc) is 3.33. The Hall–Kier alpha value is -1.88. The molecule has 1 aliphatic heterocycles. The van der Waals surface area contributed by atoms with Crippen molar-refractivity contribution in [3.05, 3.63) is 35.9 Å². The van der Waals surface area contributed by atoms with Gasteiger partial charge in [0.15, 0.2) is 6.67 Å². The number of hydrogen-bond acceptors (Lipinski definition) is 2. The van der Waals surface area contributed by atoms with Crippen LogP contribution in [-0.2, 0) is 11.3 Å². The summed E-state index contributed by atoms with van der Waals surface area (Å²) < 4.78 is 0. The van der Waals surface area contributed by atoms with Crippen molar-refractivity contribution in [1.82, 2.24) is 10.2 Å². The largest absolute Gasteiger partial charge is 0.329 e. The maximum absolute atomic E-state index is 12.7. The summed E-state index contributed by atoms with van der Waals surface area (Å²) in [5.74, 6) is 0.257. The van der Waals surface area contributed by atoms with Crippen molar-refractivity contribution < 1.29 is 14.5 Å². The smallest absolute Gasteiger partial charge is 0.323 e. The molecule has 22 heavy (non-hydrogen) atoms. The van der Waals surface area contributed by atoms with Crippen LogP contribution in [0, 0.1) is 5.92 Å². The highest BCUT2D eigenvalue weighted by Crippen LogP contribution is 2.42. The summed E-state index contributed by atoms with van der Waals surface area (Å²) in [6.07, 6.45) is 2.06. The lowest BCUT2D eigenvalue weighted by molar-refractivity contribution is -0.919. The lowest BCUT2D eigenvalue weighted by Gasteiger charge is -2.24. The standard InChI is InChI=1S/C17H23N3O2/c1-3-19(11-13-7-5-4-6-8-13)12-20-15(21)17(2,14-9-10-14)18-16(20)22/h4-8,14H,3,9-12H2,1-2H3,(H,18,22)/p+1/t17-/m1/s1. The summed E-state index contributed by atoms with van der Waals surface area (Å²) in [4.78, 5) is 27.5. The highest BCUT2D eigenvalue weighted by Gasteiger charge is 2.56. The third kappa shape index (κ3) is 2.73. The zero-order valence-corrected chi connectivity index (χ0v) is 13.3. The monoisotopic (exact) mass is 302 g/mol. The topological polar surface area (TPSA) is 53.9 Å². The Morgan fingerprint density at radius 2 is 1.95 bits per heavy atom. The van der Waals surface area contributed by atoms with Crippen LogP contribution in [0.15, 0.2) is 30.3 Å². The van der Waals surface area contributed by atoms with Crippen molar-refractivity contribution in [2.45, 2.75) is 38.8 Å². The minimum Gasteiger partial charge on any atom is -0.323 e. The minimum atomic E-state index is -0.678. The molecular weight excluding hydrogens is 278 g/mol. The first-order valence-corrected chi connectivity index (χ1v) is 8.06. The lowest BCUT2D eigenvalue weighted by atomic mass is 9.96. The second kappa shape index (κ2) is 5.72. The number of nitrogens with zero attached hydrogens (tertiary/aromatic N) is 1. The van der Waals surface area contributed by atoms with E-state index in [0.717, 1.165) is 25.9 Å². The number of urea groups is 1. The molecule has 1 aromatic rings. The summed E-state index contributed by atoms with van der Waals surface area (Å²) in [5.41, 5.74) is 0.541. The quantitative estimate of drug-likeness (QED) is 0.763. The molecule has 5 heteroatoms. The third-order valence-corrected chi connectivity index (χ3v) is 4.87. The highest BCUT2D eigenvalue weighted by atomic mass is 16.2. The summed E-state index contributed by atoms with van der Waals surface area (Å²) in [6.45, 7) is 6.06. The molecule has 0 spiro atoms. The first-order valence-electron chi connectivity index (χ1n) is 8.06. The Bertz CT molecular complexity index is 571. The molecule has 1 unspecified atom stereocenters. The number of benzene rings is 1. The van der Waals surface area contributed by atoms with Gasteiger partial charge in [0.05, 0.1) is 6.54 Å². The van der Waals surface area contributed by atoms with E-state index in [-0.39, 0.29) is 11.9 Å². The summed E-state index contributed by atoms with van der Waals surface area (Å²) >= 11 is 0. The van der Waals surface area contributed by atoms with Crippen LogP contribution in [0.3, 0.4) is 0 Å². The molecule has 2 fully saturated rings. The molecule has 0 aromatic heterocycles. The van der Waals surface area contributed by atoms with Crippen molar-refractivity contribution in [3.63, 3.8) is 0 Å². The predicted octanol–water partition coefficient (Wildman–Crippen LogP) is 0.769. The fraction of sp³-hybridized carbons (Fsp3) is 0.529. The summed E-state index contributed by atoms with van der Waals surface area (Å²) in [7, 11) is 0. The fourth-order valence-electron chi connectivity index (χ4n) is 3.20. The van der Waals surface area contributed by atoms with E-state index in [1.54, 1.807) is 0 Å². The van der Waals surface area contributed by atoms with Gasteiger partial charge in [-0.3, -0.25) is 4.79 Å². The Morgan fingerprint density at radius 3 is 2.55 bits per heavy atom. The van der Waals surface area contributed by atoms with E-state index in [0.29, 0.717) is 12.6 Å². The predicted molar refractivity (Wildman–Crippen MR) is 83.0 cm³/mol. The van der Waals surface area contributed by atoms with Crippen LogP contribution in [0.4, 0.5) is 4.79 Å². The van der Waals surface area contributed by atoms with Crippen LogP contribution in [-0.4, -0.2) is 35.6 Å². The third-order valence-electron chi connectivity index (χ3n) is 4.87. The van der Waals surface area contributed by atoms with E-state index >= 15 is 0 Å². The van der Waals surface area contributed by atoms with Gasteiger partial charge in [0.1, 0.15) is 12.1 Å². The van der Waals surface area contributed by atoms with E-state index in [2.05, 4.69) is 24.4 Å². The number of nitrogens with one attached hydrogen (secondary N) is 2. The zero-order chi connectivity index (χ0) is 15.7. The van der Waals surface area contributed by atoms with Crippen molar-refractivity contribution in [3.8, 4) is 0 Å². The SMILES string of the molecule is CC[NH+](Cc1ccccc1)CN1C(=O)N[C@](C)(C2CC2)C1=O. The molecule has 2 aliphatic rings. The number of quaternary nitrogens is 1. The molecule has 1 aliphatic carbocycles. The first kappa shape index (κ1) is 15.0. The summed E-state index contributed by atoms with van der Waals surface area (Å²) in [5, 5.41) is 2.91. The second-order valence-electron chi connectivity index (χ2n) is 6.56. The van der Waals surface area contributed by atoms with E-state index in [1.807, 2.05) is 25.1 Å². The van der Waals surface area contributed by atoms with Crippen LogP contribution in [0.5, 0.6) is 0 Å². The van der Waals surface area contributed by atoms with Gasteiger partial charge in [0, 0.05) is 5.56 Å². The molecule has 2 N–H and O–H groups in total.